The number of rotatable bonds is 13. The number of nitrogens with zero attached hydrogens (tertiary/aromatic N) is 2. The molecule has 0 atom stereocenters. The van der Waals surface area contributed by atoms with Crippen LogP contribution in [0.3, 0.4) is 0 Å². The van der Waals surface area contributed by atoms with E-state index in [1.54, 1.807) is 32.4 Å². The first-order valence-corrected chi connectivity index (χ1v) is 14.0. The largest absolute Gasteiger partial charge is 0.493 e. The zero-order chi connectivity index (χ0) is 31.8. The smallest absolute Gasteiger partial charge is 0.239 e. The first-order valence-electron chi connectivity index (χ1n) is 13.3. The van der Waals surface area contributed by atoms with Gasteiger partial charge in [0.05, 0.1) is 63.5 Å². The van der Waals surface area contributed by atoms with Gasteiger partial charge in [0.2, 0.25) is 17.6 Å². The van der Waals surface area contributed by atoms with Gasteiger partial charge in [-0.2, -0.15) is 0 Å². The highest BCUT2D eigenvalue weighted by molar-refractivity contribution is 6.36. The Morgan fingerprint density at radius 2 is 1.43 bits per heavy atom. The lowest BCUT2D eigenvalue weighted by Gasteiger charge is -2.15. The predicted octanol–water partition coefficient (Wildman–Crippen LogP) is 6.07. The van der Waals surface area contributed by atoms with Gasteiger partial charge in [0.1, 0.15) is 5.82 Å². The van der Waals surface area contributed by atoms with Crippen LogP contribution in [0.15, 0.2) is 48.5 Å². The van der Waals surface area contributed by atoms with Crippen molar-refractivity contribution in [2.24, 2.45) is 0 Å². The average molecular weight is 646 g/mol. The van der Waals surface area contributed by atoms with Gasteiger partial charge in [-0.15, -0.1) is 0 Å². The van der Waals surface area contributed by atoms with Gasteiger partial charge in [0.25, 0.3) is 0 Å². The summed E-state index contributed by atoms with van der Waals surface area (Å²) in [6.45, 7) is 0.250. The molecule has 1 heterocycles. The normalized spacial score (nSPS) is 10.6. The van der Waals surface area contributed by atoms with E-state index in [4.69, 9.17) is 46.9 Å². The van der Waals surface area contributed by atoms with Gasteiger partial charge >= 0.3 is 0 Å². The van der Waals surface area contributed by atoms with Crippen molar-refractivity contribution < 1.29 is 32.9 Å². The molecule has 0 unspecified atom stereocenters. The van der Waals surface area contributed by atoms with Crippen LogP contribution in [-0.4, -0.2) is 64.5 Å². The second-order valence-electron chi connectivity index (χ2n) is 9.27. The zero-order valence-electron chi connectivity index (χ0n) is 24.7. The number of halogens is 3. The Labute approximate surface area is 264 Å². The molecule has 0 saturated heterocycles. The predicted molar refractivity (Wildman–Crippen MR) is 167 cm³/mol. The number of methoxy groups -OCH3 is 5. The van der Waals surface area contributed by atoms with Crippen molar-refractivity contribution in [1.29, 1.82) is 0 Å². The lowest BCUT2D eigenvalue weighted by molar-refractivity contribution is -0.119. The molecule has 0 radical (unpaired) electrons. The molecule has 0 saturated carbocycles. The molecule has 3 aromatic carbocycles. The molecule has 4 rings (SSSR count). The zero-order valence-corrected chi connectivity index (χ0v) is 26.2. The molecule has 0 spiro atoms. The number of nitrogens with one attached hydrogen (secondary N) is 2. The van der Waals surface area contributed by atoms with Crippen LogP contribution in [-0.2, 0) is 11.2 Å². The minimum atomic E-state index is -0.664. The number of amides is 1. The average Bonchev–Trinajstić information content (AvgIpc) is 3.04. The molecule has 1 amide bonds. The van der Waals surface area contributed by atoms with Crippen molar-refractivity contribution in [3.05, 3.63) is 70.0 Å². The summed E-state index contributed by atoms with van der Waals surface area (Å²) in [6.07, 6.45) is 0.573. The molecule has 0 aliphatic rings. The molecule has 13 heteroatoms. The fraction of sp³-hybridized carbons (Fsp3) is 0.258. The molecule has 2 N–H and O–H groups in total. The van der Waals surface area contributed by atoms with Crippen LogP contribution in [0.25, 0.3) is 22.5 Å². The lowest BCUT2D eigenvalue weighted by atomic mass is 10.1. The summed E-state index contributed by atoms with van der Waals surface area (Å²) in [4.78, 5) is 21.8. The number of hydrogen-bond donors (Lipinski definition) is 2. The van der Waals surface area contributed by atoms with Gasteiger partial charge in [0.15, 0.2) is 23.0 Å². The summed E-state index contributed by atoms with van der Waals surface area (Å²) in [5.74, 6) is 1.60. The maximum atomic E-state index is 14.5. The molecule has 10 nitrogen and oxygen atoms in total. The van der Waals surface area contributed by atoms with E-state index in [9.17, 15) is 9.18 Å². The minimum absolute atomic E-state index is 0.104. The number of hydrogen-bond acceptors (Lipinski definition) is 9. The van der Waals surface area contributed by atoms with E-state index in [1.165, 1.54) is 33.5 Å². The third-order valence-corrected chi connectivity index (χ3v) is 7.17. The molecule has 44 heavy (non-hydrogen) atoms. The van der Waals surface area contributed by atoms with E-state index in [0.717, 1.165) is 5.56 Å². The Morgan fingerprint density at radius 1 is 0.773 bits per heavy atom. The molecule has 0 aliphatic carbocycles. The number of ether oxygens (including phenoxy) is 5. The molecule has 4 aromatic rings. The number of carbonyl (C=O) groups excluding carboxylic acids is 1. The van der Waals surface area contributed by atoms with Gasteiger partial charge in [-0.1, -0.05) is 29.3 Å². The highest BCUT2D eigenvalue weighted by Gasteiger charge is 2.18. The van der Waals surface area contributed by atoms with Crippen molar-refractivity contribution in [1.82, 2.24) is 15.3 Å². The van der Waals surface area contributed by atoms with Crippen molar-refractivity contribution in [3.63, 3.8) is 0 Å². The topological polar surface area (TPSA) is 113 Å². The van der Waals surface area contributed by atoms with E-state index in [2.05, 4.69) is 20.6 Å². The SMILES string of the molecule is COc1ccc(CCNC(=O)CNc2nc(-c3cc(OC)c(OC)c(OC)c3)cc(-c3cc(F)c(Cl)cc3Cl)n2)cc1OC. The lowest BCUT2D eigenvalue weighted by Crippen LogP contribution is -2.31. The highest BCUT2D eigenvalue weighted by Crippen LogP contribution is 2.42. The summed E-state index contributed by atoms with van der Waals surface area (Å²) in [6, 6.07) is 13.1. The van der Waals surface area contributed by atoms with Crippen LogP contribution in [0.5, 0.6) is 28.7 Å². The Morgan fingerprint density at radius 3 is 2.07 bits per heavy atom. The van der Waals surface area contributed by atoms with Crippen LogP contribution in [0.1, 0.15) is 5.56 Å². The van der Waals surface area contributed by atoms with E-state index in [1.807, 2.05) is 18.2 Å². The molecule has 0 bridgehead atoms. The minimum Gasteiger partial charge on any atom is -0.493 e. The van der Waals surface area contributed by atoms with Gasteiger partial charge < -0.3 is 34.3 Å². The van der Waals surface area contributed by atoms with E-state index in [0.29, 0.717) is 58.7 Å². The van der Waals surface area contributed by atoms with Crippen LogP contribution >= 0.6 is 23.2 Å². The quantitative estimate of drug-likeness (QED) is 0.167. The summed E-state index contributed by atoms with van der Waals surface area (Å²) in [7, 11) is 7.64. The molecule has 0 fully saturated rings. The molecule has 1 aromatic heterocycles. The van der Waals surface area contributed by atoms with Gasteiger partial charge in [-0.25, -0.2) is 14.4 Å². The van der Waals surface area contributed by atoms with E-state index < -0.39 is 5.82 Å². The van der Waals surface area contributed by atoms with E-state index >= 15 is 0 Å². The van der Waals surface area contributed by atoms with Gasteiger partial charge in [0, 0.05) is 17.7 Å². The second-order valence-corrected chi connectivity index (χ2v) is 10.1. The van der Waals surface area contributed by atoms with Gasteiger partial charge in [-0.3, -0.25) is 4.79 Å². The summed E-state index contributed by atoms with van der Waals surface area (Å²) in [5, 5.41) is 5.88. The van der Waals surface area contributed by atoms with Gasteiger partial charge in [-0.05, 0) is 54.4 Å². The molecular weight excluding hydrogens is 614 g/mol. The second kappa shape index (κ2) is 14.8. The van der Waals surface area contributed by atoms with E-state index in [-0.39, 0.29) is 34.0 Å². The van der Waals surface area contributed by atoms with Crippen molar-refractivity contribution in [2.45, 2.75) is 6.42 Å². The number of anilines is 1. The standard InChI is InChI=1S/C31H31Cl2FN4O6/c1-40-25-7-6-17(10-26(25)41-2)8-9-35-29(39)16-36-31-37-23(18-11-27(42-3)30(44-5)28(12-18)43-4)15-24(38-31)19-13-22(34)21(33)14-20(19)32/h6-7,10-15H,8-9,16H2,1-5H3,(H,35,39)(H,36,37,38). The first-order chi connectivity index (χ1) is 21.2. The maximum Gasteiger partial charge on any atom is 0.239 e. The number of aromatic nitrogens is 2. The molecule has 0 aliphatic heterocycles. The molecule has 232 valence electrons. The first kappa shape index (κ1) is 32.4. The third-order valence-electron chi connectivity index (χ3n) is 6.56. The summed E-state index contributed by atoms with van der Waals surface area (Å²) in [5.41, 5.74) is 2.54. The Balaban J connectivity index is 1.59. The van der Waals surface area contributed by atoms with Crippen LogP contribution in [0.2, 0.25) is 10.0 Å². The third kappa shape index (κ3) is 7.53. The fourth-order valence-electron chi connectivity index (χ4n) is 4.36. The fourth-order valence-corrected chi connectivity index (χ4v) is 4.84. The van der Waals surface area contributed by atoms with Crippen LogP contribution < -0.4 is 34.3 Å². The monoisotopic (exact) mass is 644 g/mol. The summed E-state index contributed by atoms with van der Waals surface area (Å²) < 4.78 is 41.5. The van der Waals surface area contributed by atoms with Crippen LogP contribution in [0, 0.1) is 5.82 Å². The Hall–Kier alpha value is -4.48. The number of carbonyl (C=O) groups is 1. The maximum absolute atomic E-state index is 14.5. The van der Waals surface area contributed by atoms with Crippen molar-refractivity contribution >= 4 is 35.1 Å². The number of benzene rings is 3. The van der Waals surface area contributed by atoms with Crippen molar-refractivity contribution in [3.8, 4) is 51.3 Å². The highest BCUT2D eigenvalue weighted by atomic mass is 35.5. The Bertz CT molecular complexity index is 1630. The van der Waals surface area contributed by atoms with Crippen molar-refractivity contribution in [2.75, 3.05) is 54.0 Å². The molecular formula is C31H31Cl2FN4O6. The summed E-state index contributed by atoms with van der Waals surface area (Å²) >= 11 is 12.3. The Kier molecular flexibility index (Phi) is 10.9. The van der Waals surface area contributed by atoms with Crippen LogP contribution in [0.4, 0.5) is 10.3 Å².